The zero-order valence-corrected chi connectivity index (χ0v) is 14.0. The van der Waals surface area contributed by atoms with Gasteiger partial charge in [0.25, 0.3) is 5.91 Å². The normalized spacial score (nSPS) is 20.3. The summed E-state index contributed by atoms with van der Waals surface area (Å²) in [5, 5.41) is 2.73. The third-order valence-corrected chi connectivity index (χ3v) is 6.11. The van der Waals surface area contributed by atoms with Crippen molar-refractivity contribution in [3.63, 3.8) is 0 Å². The third-order valence-electron chi connectivity index (χ3n) is 3.36. The molecule has 21 heavy (non-hydrogen) atoms. The van der Waals surface area contributed by atoms with E-state index in [1.807, 2.05) is 0 Å². The van der Waals surface area contributed by atoms with Crippen LogP contribution in [0.25, 0.3) is 0 Å². The number of rotatable bonds is 5. The number of carbonyl (C=O) groups excluding carboxylic acids is 1. The number of nitrogens with zero attached hydrogens (tertiary/aromatic N) is 1. The Hall–Kier alpha value is -0.820. The minimum atomic E-state index is -3.48. The van der Waals surface area contributed by atoms with E-state index in [-0.39, 0.29) is 16.7 Å². The van der Waals surface area contributed by atoms with E-state index in [9.17, 15) is 13.2 Å². The van der Waals surface area contributed by atoms with Gasteiger partial charge in [-0.25, -0.2) is 12.7 Å². The van der Waals surface area contributed by atoms with Gasteiger partial charge in [-0.05, 0) is 30.7 Å². The second-order valence-electron chi connectivity index (χ2n) is 5.18. The number of hydrogen-bond acceptors (Lipinski definition) is 3. The van der Waals surface area contributed by atoms with E-state index in [0.29, 0.717) is 18.5 Å². The lowest BCUT2D eigenvalue weighted by Crippen LogP contribution is -2.27. The molecule has 0 bridgehead atoms. The summed E-state index contributed by atoms with van der Waals surface area (Å²) < 4.78 is 24.2. The van der Waals surface area contributed by atoms with Crippen molar-refractivity contribution in [1.29, 1.82) is 0 Å². The molecule has 5 nitrogen and oxygen atoms in total. The molecule has 1 aromatic rings. The second kappa shape index (κ2) is 5.76. The fourth-order valence-electron chi connectivity index (χ4n) is 1.80. The monoisotopic (exact) mass is 350 g/mol. The zero-order valence-electron chi connectivity index (χ0n) is 11.6. The standard InChI is InChI=1S/C13H16Cl2N2O3S/c1-17(2)21(19,20)11-5-3-9(4-6-11)12(18)16-8-10-7-13(10,14)15/h3-6,10H,7-8H2,1-2H3,(H,16,18)/t10-/m1/s1. The largest absolute Gasteiger partial charge is 0.352 e. The van der Waals surface area contributed by atoms with Gasteiger partial charge in [0.2, 0.25) is 10.0 Å². The lowest BCUT2D eigenvalue weighted by molar-refractivity contribution is 0.0951. The van der Waals surface area contributed by atoms with Gasteiger partial charge in [0, 0.05) is 32.1 Å². The predicted octanol–water partition coefficient (Wildman–Crippen LogP) is 1.86. The molecule has 1 amide bonds. The van der Waals surface area contributed by atoms with E-state index < -0.39 is 14.4 Å². The van der Waals surface area contributed by atoms with Crippen LogP contribution in [0.5, 0.6) is 0 Å². The van der Waals surface area contributed by atoms with Gasteiger partial charge >= 0.3 is 0 Å². The van der Waals surface area contributed by atoms with Crippen LogP contribution >= 0.6 is 23.2 Å². The summed E-state index contributed by atoms with van der Waals surface area (Å²) in [6.07, 6.45) is 0.663. The first-order chi connectivity index (χ1) is 9.64. The Labute approximate surface area is 134 Å². The molecule has 1 N–H and O–H groups in total. The fraction of sp³-hybridized carbons (Fsp3) is 0.462. The summed E-state index contributed by atoms with van der Waals surface area (Å²) in [4.78, 5) is 12.1. The summed E-state index contributed by atoms with van der Waals surface area (Å²) in [5.74, 6) is -0.210. The molecule has 0 spiro atoms. The molecule has 2 rings (SSSR count). The van der Waals surface area contributed by atoms with Gasteiger partial charge < -0.3 is 5.32 Å². The Morgan fingerprint density at radius 1 is 1.33 bits per heavy atom. The van der Waals surface area contributed by atoms with Crippen LogP contribution in [0, 0.1) is 5.92 Å². The van der Waals surface area contributed by atoms with Crippen LogP contribution in [0.3, 0.4) is 0 Å². The minimum absolute atomic E-state index is 0.0678. The van der Waals surface area contributed by atoms with Crippen LogP contribution in [0.4, 0.5) is 0 Å². The van der Waals surface area contributed by atoms with Crippen LogP contribution in [-0.2, 0) is 10.0 Å². The Morgan fingerprint density at radius 2 is 1.86 bits per heavy atom. The molecule has 1 aliphatic rings. The van der Waals surface area contributed by atoms with Crippen LogP contribution in [0.2, 0.25) is 0 Å². The summed E-state index contributed by atoms with van der Waals surface area (Å²) in [6.45, 7) is 0.406. The van der Waals surface area contributed by atoms with Crippen molar-refractivity contribution in [2.75, 3.05) is 20.6 Å². The Kier molecular flexibility index (Phi) is 4.54. The van der Waals surface area contributed by atoms with Gasteiger partial charge in [0.1, 0.15) is 4.33 Å². The molecule has 1 aliphatic carbocycles. The Morgan fingerprint density at radius 3 is 2.29 bits per heavy atom. The molecule has 1 saturated carbocycles. The molecule has 0 heterocycles. The maximum Gasteiger partial charge on any atom is 0.251 e. The first-order valence-electron chi connectivity index (χ1n) is 6.33. The molecule has 1 aromatic carbocycles. The van der Waals surface area contributed by atoms with Gasteiger partial charge in [-0.1, -0.05) is 0 Å². The molecule has 1 fully saturated rings. The number of benzene rings is 1. The highest BCUT2D eigenvalue weighted by Gasteiger charge is 2.51. The summed E-state index contributed by atoms with van der Waals surface area (Å²) in [7, 11) is -0.575. The van der Waals surface area contributed by atoms with E-state index in [1.54, 1.807) is 0 Å². The smallest absolute Gasteiger partial charge is 0.251 e. The van der Waals surface area contributed by atoms with Crippen LogP contribution in [0.1, 0.15) is 16.8 Å². The fourth-order valence-corrected chi connectivity index (χ4v) is 3.23. The number of carbonyl (C=O) groups is 1. The summed E-state index contributed by atoms with van der Waals surface area (Å²) in [5.41, 5.74) is 0.392. The van der Waals surface area contributed by atoms with E-state index in [0.717, 1.165) is 4.31 Å². The average molecular weight is 351 g/mol. The molecule has 116 valence electrons. The number of alkyl halides is 2. The molecule has 0 aliphatic heterocycles. The number of amides is 1. The molecular formula is C13H16Cl2N2O3S. The highest BCUT2D eigenvalue weighted by Crippen LogP contribution is 2.52. The number of hydrogen-bond donors (Lipinski definition) is 1. The van der Waals surface area contributed by atoms with Crippen LogP contribution < -0.4 is 5.32 Å². The number of nitrogens with one attached hydrogen (secondary N) is 1. The van der Waals surface area contributed by atoms with Crippen molar-refractivity contribution in [3.8, 4) is 0 Å². The van der Waals surface area contributed by atoms with Gasteiger partial charge in [-0.3, -0.25) is 4.79 Å². The highest BCUT2D eigenvalue weighted by atomic mass is 35.5. The van der Waals surface area contributed by atoms with Crippen molar-refractivity contribution >= 4 is 39.1 Å². The van der Waals surface area contributed by atoms with Crippen molar-refractivity contribution in [2.24, 2.45) is 5.92 Å². The molecule has 0 unspecified atom stereocenters. The highest BCUT2D eigenvalue weighted by molar-refractivity contribution is 7.89. The quantitative estimate of drug-likeness (QED) is 0.824. The molecule has 1 atom stereocenters. The average Bonchev–Trinajstić information content (AvgIpc) is 3.03. The lowest BCUT2D eigenvalue weighted by atomic mass is 10.2. The number of halogens is 2. The van der Waals surface area contributed by atoms with Gasteiger partial charge in [-0.2, -0.15) is 0 Å². The van der Waals surface area contributed by atoms with E-state index in [4.69, 9.17) is 23.2 Å². The Balaban J connectivity index is 2.00. The minimum Gasteiger partial charge on any atom is -0.352 e. The molecule has 0 radical (unpaired) electrons. The maximum atomic E-state index is 11.9. The third kappa shape index (κ3) is 3.69. The van der Waals surface area contributed by atoms with Gasteiger partial charge in [0.05, 0.1) is 4.90 Å². The van der Waals surface area contributed by atoms with E-state index in [1.165, 1.54) is 38.4 Å². The van der Waals surface area contributed by atoms with E-state index in [2.05, 4.69) is 5.32 Å². The summed E-state index contributed by atoms with van der Waals surface area (Å²) >= 11 is 11.8. The number of sulfonamides is 1. The predicted molar refractivity (Wildman–Crippen MR) is 82.2 cm³/mol. The molecular weight excluding hydrogens is 335 g/mol. The first-order valence-corrected chi connectivity index (χ1v) is 8.53. The van der Waals surface area contributed by atoms with Crippen molar-refractivity contribution in [3.05, 3.63) is 29.8 Å². The van der Waals surface area contributed by atoms with Gasteiger partial charge in [0.15, 0.2) is 0 Å². The van der Waals surface area contributed by atoms with Gasteiger partial charge in [-0.15, -0.1) is 23.2 Å². The second-order valence-corrected chi connectivity index (χ2v) is 8.88. The topological polar surface area (TPSA) is 66.5 Å². The summed E-state index contributed by atoms with van der Waals surface area (Å²) in [6, 6.07) is 5.78. The first kappa shape index (κ1) is 16.5. The van der Waals surface area contributed by atoms with Crippen LogP contribution in [-0.4, -0.2) is 43.6 Å². The van der Waals surface area contributed by atoms with Crippen LogP contribution in [0.15, 0.2) is 29.2 Å². The Bertz CT molecular complexity index is 642. The van der Waals surface area contributed by atoms with Crippen molar-refractivity contribution in [1.82, 2.24) is 9.62 Å². The molecule has 0 aromatic heterocycles. The lowest BCUT2D eigenvalue weighted by Gasteiger charge is -2.11. The SMILES string of the molecule is CN(C)S(=O)(=O)c1ccc(C(=O)NC[C@H]2CC2(Cl)Cl)cc1. The van der Waals surface area contributed by atoms with Crippen molar-refractivity contribution in [2.45, 2.75) is 15.6 Å². The molecule has 0 saturated heterocycles. The zero-order chi connectivity index (χ0) is 15.8. The van der Waals surface area contributed by atoms with Crippen molar-refractivity contribution < 1.29 is 13.2 Å². The maximum absolute atomic E-state index is 11.9. The molecule has 8 heteroatoms. The van der Waals surface area contributed by atoms with E-state index >= 15 is 0 Å².